The molecule has 0 aromatic carbocycles. The van der Waals surface area contributed by atoms with Gasteiger partial charge in [-0.25, -0.2) is 0 Å². The van der Waals surface area contributed by atoms with Gasteiger partial charge >= 0.3 is 0 Å². The van der Waals surface area contributed by atoms with Crippen LogP contribution in [0.2, 0.25) is 0 Å². The largest absolute Gasteiger partial charge is 0.454 e. The fourth-order valence-electron chi connectivity index (χ4n) is 2.60. The summed E-state index contributed by atoms with van der Waals surface area (Å²) in [7, 11) is 0. The molecule has 0 N–H and O–H groups in total. The van der Waals surface area contributed by atoms with Crippen LogP contribution in [0.3, 0.4) is 0 Å². The van der Waals surface area contributed by atoms with Crippen LogP contribution in [0.15, 0.2) is 22.6 Å². The van der Waals surface area contributed by atoms with E-state index in [2.05, 4.69) is 6.92 Å². The third kappa shape index (κ3) is 8.85. The van der Waals surface area contributed by atoms with E-state index in [1.165, 1.54) is 51.0 Å². The second-order valence-corrected chi connectivity index (χ2v) is 6.36. The molecule has 3 heteroatoms. The van der Waals surface area contributed by atoms with Crippen LogP contribution in [-0.4, -0.2) is 11.6 Å². The van der Waals surface area contributed by atoms with Gasteiger partial charge in [-0.2, -0.15) is 0 Å². The van der Waals surface area contributed by atoms with Gasteiger partial charge in [-0.15, -0.1) is 0 Å². The Hall–Kier alpha value is -1.64. The standard InChI is InChI=1S/C21H32O3/c1-3-5-6-7-8-9-10-11-12-13-20(23)21-17-16-19(24-21)15-14-18(22)4-2/h14-17H,3-13H2,1-2H3. The van der Waals surface area contributed by atoms with Gasteiger partial charge in [-0.05, 0) is 30.7 Å². The first-order chi connectivity index (χ1) is 11.7. The van der Waals surface area contributed by atoms with Crippen LogP contribution >= 0.6 is 0 Å². The molecule has 0 aliphatic heterocycles. The lowest BCUT2D eigenvalue weighted by Crippen LogP contribution is -1.96. The van der Waals surface area contributed by atoms with Crippen LogP contribution in [0.25, 0.3) is 6.08 Å². The Morgan fingerprint density at radius 1 is 0.917 bits per heavy atom. The van der Waals surface area contributed by atoms with Gasteiger partial charge in [0.25, 0.3) is 0 Å². The molecule has 1 aromatic heterocycles. The van der Waals surface area contributed by atoms with Crippen molar-refractivity contribution in [2.75, 3.05) is 0 Å². The molecule has 0 spiro atoms. The molecule has 0 atom stereocenters. The van der Waals surface area contributed by atoms with E-state index in [9.17, 15) is 9.59 Å². The van der Waals surface area contributed by atoms with E-state index in [0.29, 0.717) is 24.4 Å². The van der Waals surface area contributed by atoms with Crippen molar-refractivity contribution in [1.29, 1.82) is 0 Å². The maximum atomic E-state index is 12.1. The van der Waals surface area contributed by atoms with Crippen molar-refractivity contribution in [1.82, 2.24) is 0 Å². The van der Waals surface area contributed by atoms with Gasteiger partial charge in [0, 0.05) is 12.8 Å². The molecule has 1 rings (SSSR count). The first-order valence-corrected chi connectivity index (χ1v) is 9.51. The molecule has 24 heavy (non-hydrogen) atoms. The molecule has 3 nitrogen and oxygen atoms in total. The summed E-state index contributed by atoms with van der Waals surface area (Å²) in [4.78, 5) is 23.3. The summed E-state index contributed by atoms with van der Waals surface area (Å²) in [5, 5.41) is 0. The third-order valence-corrected chi connectivity index (χ3v) is 4.19. The maximum absolute atomic E-state index is 12.1. The van der Waals surface area contributed by atoms with E-state index in [0.717, 1.165) is 12.8 Å². The topological polar surface area (TPSA) is 47.3 Å². The minimum Gasteiger partial charge on any atom is -0.454 e. The van der Waals surface area contributed by atoms with Crippen molar-refractivity contribution < 1.29 is 14.0 Å². The van der Waals surface area contributed by atoms with Gasteiger partial charge in [0.15, 0.2) is 17.3 Å². The number of ketones is 2. The summed E-state index contributed by atoms with van der Waals surface area (Å²) >= 11 is 0. The Labute approximate surface area is 146 Å². The lowest BCUT2D eigenvalue weighted by Gasteiger charge is -2.01. The number of carbonyl (C=O) groups excluding carboxylic acids is 2. The molecule has 0 bridgehead atoms. The number of hydrogen-bond donors (Lipinski definition) is 0. The number of Topliss-reactive ketones (excluding diaryl/α,β-unsaturated/α-hetero) is 1. The van der Waals surface area contributed by atoms with Crippen LogP contribution in [0.5, 0.6) is 0 Å². The number of furan rings is 1. The summed E-state index contributed by atoms with van der Waals surface area (Å²) in [5.74, 6) is 1.07. The SMILES string of the molecule is CCCCCCCCCCCC(=O)c1ccc(C=CC(=O)CC)o1. The van der Waals surface area contributed by atoms with Gasteiger partial charge < -0.3 is 4.42 Å². The smallest absolute Gasteiger partial charge is 0.198 e. The van der Waals surface area contributed by atoms with Gasteiger partial charge in [0.2, 0.25) is 0 Å². The zero-order valence-electron chi connectivity index (χ0n) is 15.3. The highest BCUT2D eigenvalue weighted by atomic mass is 16.3. The molecule has 134 valence electrons. The molecule has 0 saturated heterocycles. The van der Waals surface area contributed by atoms with Gasteiger partial charge in [0.1, 0.15) is 5.76 Å². The molecule has 0 amide bonds. The predicted octanol–water partition coefficient (Wildman–Crippen LogP) is 6.38. The van der Waals surface area contributed by atoms with E-state index in [4.69, 9.17) is 4.42 Å². The van der Waals surface area contributed by atoms with E-state index in [-0.39, 0.29) is 11.6 Å². The van der Waals surface area contributed by atoms with Crippen LogP contribution in [0.4, 0.5) is 0 Å². The minimum atomic E-state index is 0.0500. The Kier molecular flexibility index (Phi) is 10.8. The average Bonchev–Trinajstić information content (AvgIpc) is 3.07. The highest BCUT2D eigenvalue weighted by Crippen LogP contribution is 2.15. The molecule has 0 saturated carbocycles. The van der Waals surface area contributed by atoms with Crippen molar-refractivity contribution in [3.8, 4) is 0 Å². The molecular weight excluding hydrogens is 300 g/mol. The number of hydrogen-bond acceptors (Lipinski definition) is 3. The highest BCUT2D eigenvalue weighted by Gasteiger charge is 2.10. The number of unbranched alkanes of at least 4 members (excludes halogenated alkanes) is 8. The van der Waals surface area contributed by atoms with Crippen molar-refractivity contribution in [2.24, 2.45) is 0 Å². The molecular formula is C21H32O3. The summed E-state index contributed by atoms with van der Waals surface area (Å²) in [5.41, 5.74) is 0. The quantitative estimate of drug-likeness (QED) is 0.226. The molecule has 0 aliphatic carbocycles. The summed E-state index contributed by atoms with van der Waals surface area (Å²) in [6.07, 6.45) is 15.3. The zero-order valence-corrected chi connectivity index (χ0v) is 15.3. The molecule has 0 radical (unpaired) electrons. The van der Waals surface area contributed by atoms with E-state index in [1.807, 2.05) is 6.92 Å². The number of allylic oxidation sites excluding steroid dienone is 1. The second-order valence-electron chi connectivity index (χ2n) is 6.36. The third-order valence-electron chi connectivity index (χ3n) is 4.19. The van der Waals surface area contributed by atoms with Gasteiger partial charge in [-0.1, -0.05) is 65.2 Å². The normalized spacial score (nSPS) is 11.2. The maximum Gasteiger partial charge on any atom is 0.198 e. The first kappa shape index (κ1) is 20.4. The zero-order chi connectivity index (χ0) is 17.6. The van der Waals surface area contributed by atoms with Gasteiger partial charge in [-0.3, -0.25) is 9.59 Å². The van der Waals surface area contributed by atoms with Crippen molar-refractivity contribution in [2.45, 2.75) is 84.5 Å². The minimum absolute atomic E-state index is 0.0500. The second kappa shape index (κ2) is 12.7. The van der Waals surface area contributed by atoms with Crippen molar-refractivity contribution in [3.05, 3.63) is 29.7 Å². The summed E-state index contributed by atoms with van der Waals surface area (Å²) < 4.78 is 5.48. The van der Waals surface area contributed by atoms with E-state index in [1.54, 1.807) is 18.2 Å². The Balaban J connectivity index is 2.16. The molecule has 1 heterocycles. The molecule has 1 aromatic rings. The van der Waals surface area contributed by atoms with Crippen LogP contribution < -0.4 is 0 Å². The molecule has 0 aliphatic rings. The lowest BCUT2D eigenvalue weighted by molar-refractivity contribution is -0.114. The Morgan fingerprint density at radius 3 is 2.17 bits per heavy atom. The highest BCUT2D eigenvalue weighted by molar-refractivity contribution is 5.94. The fourth-order valence-corrected chi connectivity index (χ4v) is 2.60. The van der Waals surface area contributed by atoms with E-state index < -0.39 is 0 Å². The molecule has 0 fully saturated rings. The molecule has 0 unspecified atom stereocenters. The average molecular weight is 332 g/mol. The van der Waals surface area contributed by atoms with Crippen molar-refractivity contribution >= 4 is 17.6 Å². The van der Waals surface area contributed by atoms with Crippen LogP contribution in [0.1, 0.15) is 101 Å². The van der Waals surface area contributed by atoms with Gasteiger partial charge in [0.05, 0.1) is 0 Å². The Morgan fingerprint density at radius 2 is 1.54 bits per heavy atom. The lowest BCUT2D eigenvalue weighted by atomic mass is 10.1. The number of rotatable bonds is 14. The Bertz CT molecular complexity index is 511. The van der Waals surface area contributed by atoms with E-state index >= 15 is 0 Å². The van der Waals surface area contributed by atoms with Crippen LogP contribution in [-0.2, 0) is 4.79 Å². The summed E-state index contributed by atoms with van der Waals surface area (Å²) in [6, 6.07) is 3.44. The van der Waals surface area contributed by atoms with Crippen molar-refractivity contribution in [3.63, 3.8) is 0 Å². The number of carbonyl (C=O) groups is 2. The summed E-state index contributed by atoms with van der Waals surface area (Å²) in [6.45, 7) is 4.05. The van der Waals surface area contributed by atoms with Crippen LogP contribution in [0, 0.1) is 0 Å². The monoisotopic (exact) mass is 332 g/mol. The fraction of sp³-hybridized carbons (Fsp3) is 0.619. The first-order valence-electron chi connectivity index (χ1n) is 9.51. The predicted molar refractivity (Wildman–Crippen MR) is 99.2 cm³/mol.